The Labute approximate surface area is 86.4 Å². The Hall–Kier alpha value is -0.730. The smallest absolute Gasteiger partial charge is 0.249 e. The number of aliphatic hydroxyl groups is 3. The maximum absolute atomic E-state index is 10.9. The van der Waals surface area contributed by atoms with E-state index in [0.717, 1.165) is 0 Å². The van der Waals surface area contributed by atoms with Gasteiger partial charge in [0.25, 0.3) is 0 Å². The molecule has 0 aliphatic carbocycles. The minimum atomic E-state index is -1.55. The molecule has 1 aliphatic heterocycles. The Kier molecular flexibility index (Phi) is 4.00. The van der Waals surface area contributed by atoms with Crippen LogP contribution in [0.5, 0.6) is 0 Å². The van der Waals surface area contributed by atoms with E-state index in [-0.39, 0.29) is 6.61 Å². The molecule has 1 rings (SSSR count). The summed E-state index contributed by atoms with van der Waals surface area (Å²) >= 11 is 0. The number of primary amides is 1. The third-order valence-electron chi connectivity index (χ3n) is 2.18. The van der Waals surface area contributed by atoms with Crippen LogP contribution >= 0.6 is 0 Å². The van der Waals surface area contributed by atoms with Crippen LogP contribution in [-0.4, -0.2) is 58.5 Å². The maximum Gasteiger partial charge on any atom is 0.249 e. The van der Waals surface area contributed by atoms with Gasteiger partial charge in [-0.1, -0.05) is 0 Å². The summed E-state index contributed by atoms with van der Waals surface area (Å²) in [5.41, 5.74) is 4.95. The van der Waals surface area contributed by atoms with Crippen molar-refractivity contribution in [1.82, 2.24) is 0 Å². The molecule has 88 valence electrons. The Morgan fingerprint density at radius 1 is 1.33 bits per heavy atom. The number of carbonyl (C=O) groups is 1. The van der Waals surface area contributed by atoms with Crippen molar-refractivity contribution in [3.63, 3.8) is 0 Å². The molecule has 0 aromatic heterocycles. The van der Waals surface area contributed by atoms with E-state index >= 15 is 0 Å². The van der Waals surface area contributed by atoms with Crippen molar-refractivity contribution >= 4 is 5.91 Å². The first-order chi connectivity index (χ1) is 6.99. The van der Waals surface area contributed by atoms with Crippen LogP contribution in [0.15, 0.2) is 0 Å². The second-order valence-corrected chi connectivity index (χ2v) is 3.25. The molecule has 3 unspecified atom stereocenters. The molecular formula is C8H15NO6. The molecule has 0 radical (unpaired) electrons. The quantitative estimate of drug-likeness (QED) is 0.412. The van der Waals surface area contributed by atoms with Gasteiger partial charge in [0.05, 0.1) is 0 Å². The molecule has 15 heavy (non-hydrogen) atoms. The Morgan fingerprint density at radius 3 is 2.40 bits per heavy atom. The normalized spacial score (nSPS) is 41.5. The number of nitrogens with two attached hydrogens (primary N) is 1. The van der Waals surface area contributed by atoms with Gasteiger partial charge in [0.1, 0.15) is 18.3 Å². The third kappa shape index (κ3) is 2.44. The molecule has 1 amide bonds. The van der Waals surface area contributed by atoms with Crippen LogP contribution < -0.4 is 5.73 Å². The predicted octanol–water partition coefficient (Wildman–Crippen LogP) is -2.68. The first kappa shape index (κ1) is 12.3. The molecule has 0 aromatic carbocycles. The van der Waals surface area contributed by atoms with E-state index in [0.29, 0.717) is 0 Å². The average molecular weight is 221 g/mol. The molecule has 5 atom stereocenters. The lowest BCUT2D eigenvalue weighted by Gasteiger charge is -2.38. The van der Waals surface area contributed by atoms with Crippen LogP contribution in [0.3, 0.4) is 0 Å². The SMILES string of the molecule is CCOC1OC(C(N)=O)[C@@H](O)C(O)[C@@H]1O. The zero-order chi connectivity index (χ0) is 11.6. The summed E-state index contributed by atoms with van der Waals surface area (Å²) in [6.45, 7) is 1.89. The molecule has 5 N–H and O–H groups in total. The van der Waals surface area contributed by atoms with Gasteiger partial charge in [-0.25, -0.2) is 0 Å². The number of hydrogen-bond acceptors (Lipinski definition) is 6. The molecule has 1 aliphatic rings. The second kappa shape index (κ2) is 4.86. The van der Waals surface area contributed by atoms with Crippen molar-refractivity contribution in [2.24, 2.45) is 5.73 Å². The van der Waals surface area contributed by atoms with Crippen LogP contribution in [0.25, 0.3) is 0 Å². The Balaban J connectivity index is 2.75. The number of ether oxygens (including phenoxy) is 2. The third-order valence-corrected chi connectivity index (χ3v) is 2.18. The van der Waals surface area contributed by atoms with E-state index in [1.807, 2.05) is 0 Å². The van der Waals surface area contributed by atoms with Gasteiger partial charge in [0.2, 0.25) is 5.91 Å². The monoisotopic (exact) mass is 221 g/mol. The van der Waals surface area contributed by atoms with Crippen molar-refractivity contribution in [1.29, 1.82) is 0 Å². The van der Waals surface area contributed by atoms with Gasteiger partial charge >= 0.3 is 0 Å². The first-order valence-corrected chi connectivity index (χ1v) is 4.59. The van der Waals surface area contributed by atoms with E-state index in [2.05, 4.69) is 0 Å². The lowest BCUT2D eigenvalue weighted by atomic mass is 9.98. The van der Waals surface area contributed by atoms with Crippen LogP contribution in [0.1, 0.15) is 6.92 Å². The second-order valence-electron chi connectivity index (χ2n) is 3.25. The van der Waals surface area contributed by atoms with Gasteiger partial charge in [-0.15, -0.1) is 0 Å². The van der Waals surface area contributed by atoms with E-state index in [4.69, 9.17) is 15.2 Å². The highest BCUT2D eigenvalue weighted by Crippen LogP contribution is 2.21. The summed E-state index contributed by atoms with van der Waals surface area (Å²) in [6.07, 6.45) is -7.01. The van der Waals surface area contributed by atoms with Crippen molar-refractivity contribution in [2.75, 3.05) is 6.61 Å². The Bertz CT molecular complexity index is 235. The fourth-order valence-corrected chi connectivity index (χ4v) is 1.39. The summed E-state index contributed by atoms with van der Waals surface area (Å²) in [7, 11) is 0. The fourth-order valence-electron chi connectivity index (χ4n) is 1.39. The van der Waals surface area contributed by atoms with E-state index in [1.54, 1.807) is 6.92 Å². The van der Waals surface area contributed by atoms with Gasteiger partial charge in [-0.05, 0) is 6.92 Å². The fraction of sp³-hybridized carbons (Fsp3) is 0.875. The molecule has 7 heteroatoms. The number of amides is 1. The van der Waals surface area contributed by atoms with Crippen LogP contribution in [0.2, 0.25) is 0 Å². The predicted molar refractivity (Wildman–Crippen MR) is 47.5 cm³/mol. The van der Waals surface area contributed by atoms with Gasteiger partial charge < -0.3 is 30.5 Å². The molecule has 1 heterocycles. The zero-order valence-corrected chi connectivity index (χ0v) is 8.24. The highest BCUT2D eigenvalue weighted by Gasteiger charge is 2.46. The van der Waals surface area contributed by atoms with E-state index < -0.39 is 36.6 Å². The largest absolute Gasteiger partial charge is 0.387 e. The summed E-state index contributed by atoms with van der Waals surface area (Å²) < 4.78 is 9.87. The molecule has 0 spiro atoms. The number of aliphatic hydroxyl groups excluding tert-OH is 3. The summed E-state index contributed by atoms with van der Waals surface area (Å²) in [5.74, 6) is -0.918. The van der Waals surface area contributed by atoms with Crippen molar-refractivity contribution in [3.05, 3.63) is 0 Å². The summed E-state index contributed by atoms with van der Waals surface area (Å²) in [4.78, 5) is 10.9. The van der Waals surface area contributed by atoms with Crippen LogP contribution in [-0.2, 0) is 14.3 Å². The molecule has 0 aromatic rings. The topological polar surface area (TPSA) is 122 Å². The number of hydrogen-bond donors (Lipinski definition) is 4. The van der Waals surface area contributed by atoms with E-state index in [1.165, 1.54) is 0 Å². The lowest BCUT2D eigenvalue weighted by Crippen LogP contribution is -2.61. The van der Waals surface area contributed by atoms with Crippen molar-refractivity contribution < 1.29 is 29.6 Å². The molecule has 0 bridgehead atoms. The highest BCUT2D eigenvalue weighted by molar-refractivity contribution is 5.79. The van der Waals surface area contributed by atoms with Gasteiger partial charge in [-0.2, -0.15) is 0 Å². The van der Waals surface area contributed by atoms with Crippen LogP contribution in [0, 0.1) is 0 Å². The number of carbonyl (C=O) groups excluding carboxylic acids is 1. The van der Waals surface area contributed by atoms with Gasteiger partial charge in [0, 0.05) is 6.61 Å². The standard InChI is InChI=1S/C8H15NO6/c1-2-14-8-5(12)3(10)4(11)6(15-8)7(9)13/h3-6,8,10-12H,2H2,1H3,(H2,9,13)/t3?,4-,5-,6?,8?/m0/s1. The summed E-state index contributed by atoms with van der Waals surface area (Å²) in [6, 6.07) is 0. The summed E-state index contributed by atoms with van der Waals surface area (Å²) in [5, 5.41) is 28.2. The molecule has 1 saturated heterocycles. The maximum atomic E-state index is 10.9. The van der Waals surface area contributed by atoms with Gasteiger partial charge in [-0.3, -0.25) is 4.79 Å². The minimum Gasteiger partial charge on any atom is -0.387 e. The Morgan fingerprint density at radius 2 is 1.93 bits per heavy atom. The molecule has 0 saturated carbocycles. The van der Waals surface area contributed by atoms with Crippen LogP contribution in [0.4, 0.5) is 0 Å². The molecular weight excluding hydrogens is 206 g/mol. The zero-order valence-electron chi connectivity index (χ0n) is 8.24. The minimum absolute atomic E-state index is 0.232. The first-order valence-electron chi connectivity index (χ1n) is 4.59. The average Bonchev–Trinajstić information content (AvgIpc) is 2.18. The van der Waals surface area contributed by atoms with E-state index in [9.17, 15) is 20.1 Å². The van der Waals surface area contributed by atoms with Crippen molar-refractivity contribution in [2.45, 2.75) is 37.6 Å². The molecule has 7 nitrogen and oxygen atoms in total. The number of rotatable bonds is 3. The van der Waals surface area contributed by atoms with Crippen molar-refractivity contribution in [3.8, 4) is 0 Å². The lowest BCUT2D eigenvalue weighted by molar-refractivity contribution is -0.288. The molecule has 1 fully saturated rings. The van der Waals surface area contributed by atoms with Gasteiger partial charge in [0.15, 0.2) is 12.4 Å². The highest BCUT2D eigenvalue weighted by atomic mass is 16.7.